The van der Waals surface area contributed by atoms with Gasteiger partial charge in [-0.05, 0) is 101 Å². The molecule has 0 saturated carbocycles. The molecule has 0 N–H and O–H groups in total. The topological polar surface area (TPSA) is 25.8 Å². The summed E-state index contributed by atoms with van der Waals surface area (Å²) < 4.78 is 1.86. The van der Waals surface area contributed by atoms with Gasteiger partial charge in [-0.2, -0.15) is 0 Å². The van der Waals surface area contributed by atoms with Gasteiger partial charge in [0.15, 0.2) is 0 Å². The van der Waals surface area contributed by atoms with E-state index in [1.54, 1.807) is 0 Å². The molecule has 0 saturated heterocycles. The van der Waals surface area contributed by atoms with Crippen molar-refractivity contribution in [1.82, 2.24) is 9.97 Å². The predicted octanol–water partition coefficient (Wildman–Crippen LogP) is 11.1. The van der Waals surface area contributed by atoms with Crippen LogP contribution in [0.25, 0.3) is 55.8 Å². The van der Waals surface area contributed by atoms with E-state index in [9.17, 15) is 0 Å². The molecule has 4 heteroatoms. The van der Waals surface area contributed by atoms with E-state index in [1.165, 1.54) is 44.5 Å². The molecule has 1 aromatic heterocycles. The summed E-state index contributed by atoms with van der Waals surface area (Å²) in [5.74, 6) is 0. The van der Waals surface area contributed by atoms with Crippen LogP contribution in [0.15, 0.2) is 106 Å². The van der Waals surface area contributed by atoms with Gasteiger partial charge in [0.05, 0.1) is 11.4 Å². The second-order valence-electron chi connectivity index (χ2n) is 12.5. The first-order valence-corrected chi connectivity index (χ1v) is 15.9. The molecule has 1 heterocycles. The number of aromatic nitrogens is 2. The SMILES string of the molecule is CC1(C)c2ccccc2-c2ccc(-c3nc4c(Br)ccc(Br)c4nc3-c3ccc4c(c3)C(C)(C)c3ccccc3-4)cc21. The molecular formula is C38H28Br2N2. The minimum absolute atomic E-state index is 0.0979. The highest BCUT2D eigenvalue weighted by atomic mass is 79.9. The van der Waals surface area contributed by atoms with Crippen molar-refractivity contribution < 1.29 is 0 Å². The second kappa shape index (κ2) is 8.95. The third-order valence-electron chi connectivity index (χ3n) is 9.44. The first kappa shape index (κ1) is 26.1. The molecule has 204 valence electrons. The van der Waals surface area contributed by atoms with Crippen molar-refractivity contribution >= 4 is 42.9 Å². The fourth-order valence-electron chi connectivity index (χ4n) is 7.18. The maximum Gasteiger partial charge on any atom is 0.105 e. The van der Waals surface area contributed by atoms with Crippen LogP contribution in [-0.4, -0.2) is 9.97 Å². The molecule has 0 fully saturated rings. The van der Waals surface area contributed by atoms with E-state index < -0.39 is 0 Å². The first-order chi connectivity index (χ1) is 20.2. The molecule has 42 heavy (non-hydrogen) atoms. The Bertz CT molecular complexity index is 1970. The van der Waals surface area contributed by atoms with Crippen molar-refractivity contribution in [1.29, 1.82) is 0 Å². The third-order valence-corrected chi connectivity index (χ3v) is 10.7. The molecule has 2 aliphatic rings. The molecule has 2 aliphatic carbocycles. The maximum atomic E-state index is 5.33. The minimum atomic E-state index is -0.0979. The molecule has 5 aromatic carbocycles. The molecule has 6 aromatic rings. The molecule has 2 nitrogen and oxygen atoms in total. The van der Waals surface area contributed by atoms with Crippen LogP contribution < -0.4 is 0 Å². The van der Waals surface area contributed by atoms with Crippen LogP contribution in [0.3, 0.4) is 0 Å². The van der Waals surface area contributed by atoms with Gasteiger partial charge in [-0.25, -0.2) is 9.97 Å². The quantitative estimate of drug-likeness (QED) is 0.183. The minimum Gasteiger partial charge on any atom is -0.243 e. The van der Waals surface area contributed by atoms with E-state index in [0.717, 1.165) is 42.5 Å². The van der Waals surface area contributed by atoms with Gasteiger partial charge in [-0.1, -0.05) is 100 Å². The predicted molar refractivity (Wildman–Crippen MR) is 181 cm³/mol. The molecule has 0 aliphatic heterocycles. The van der Waals surface area contributed by atoms with Crippen molar-refractivity contribution in [2.24, 2.45) is 0 Å². The summed E-state index contributed by atoms with van der Waals surface area (Å²) in [6, 6.07) is 35.3. The zero-order chi connectivity index (χ0) is 29.0. The Labute approximate surface area is 263 Å². The van der Waals surface area contributed by atoms with E-state index in [2.05, 4.69) is 144 Å². The number of halogens is 2. The van der Waals surface area contributed by atoms with Crippen molar-refractivity contribution in [2.45, 2.75) is 38.5 Å². The van der Waals surface area contributed by atoms with E-state index in [-0.39, 0.29) is 10.8 Å². The van der Waals surface area contributed by atoms with Crippen LogP contribution in [-0.2, 0) is 10.8 Å². The molecule has 0 unspecified atom stereocenters. The van der Waals surface area contributed by atoms with Crippen LogP contribution >= 0.6 is 31.9 Å². The lowest BCUT2D eigenvalue weighted by Gasteiger charge is -2.23. The molecule has 0 bridgehead atoms. The van der Waals surface area contributed by atoms with Gasteiger partial charge in [0, 0.05) is 30.9 Å². The molecule has 0 radical (unpaired) electrons. The highest BCUT2D eigenvalue weighted by Crippen LogP contribution is 2.52. The summed E-state index contributed by atoms with van der Waals surface area (Å²) >= 11 is 7.51. The van der Waals surface area contributed by atoms with Crippen molar-refractivity contribution in [2.75, 3.05) is 0 Å². The summed E-state index contributed by atoms with van der Waals surface area (Å²) in [7, 11) is 0. The average molecular weight is 672 g/mol. The van der Waals surface area contributed by atoms with Gasteiger partial charge in [0.25, 0.3) is 0 Å². The van der Waals surface area contributed by atoms with Crippen LogP contribution in [0.1, 0.15) is 49.9 Å². The fraction of sp³-hybridized carbons (Fsp3) is 0.158. The lowest BCUT2D eigenvalue weighted by molar-refractivity contribution is 0.660. The maximum absolute atomic E-state index is 5.33. The third kappa shape index (κ3) is 3.55. The van der Waals surface area contributed by atoms with Crippen molar-refractivity contribution in [3.05, 3.63) is 128 Å². The van der Waals surface area contributed by atoms with Crippen molar-refractivity contribution in [3.63, 3.8) is 0 Å². The summed E-state index contributed by atoms with van der Waals surface area (Å²) in [4.78, 5) is 10.7. The van der Waals surface area contributed by atoms with Gasteiger partial charge in [0.1, 0.15) is 11.0 Å². The number of rotatable bonds is 2. The molecule has 0 spiro atoms. The normalized spacial score (nSPS) is 15.3. The Morgan fingerprint density at radius 1 is 0.452 bits per heavy atom. The van der Waals surface area contributed by atoms with E-state index in [1.807, 2.05) is 12.1 Å². The Balaban J connectivity index is 1.38. The summed E-state index contributed by atoms with van der Waals surface area (Å²) in [5.41, 5.74) is 16.1. The van der Waals surface area contributed by atoms with Crippen LogP contribution in [0, 0.1) is 0 Å². The molecule has 8 rings (SSSR count). The Kier molecular flexibility index (Phi) is 5.55. The Morgan fingerprint density at radius 3 is 1.26 bits per heavy atom. The van der Waals surface area contributed by atoms with Crippen LogP contribution in [0.4, 0.5) is 0 Å². The van der Waals surface area contributed by atoms with Crippen LogP contribution in [0.5, 0.6) is 0 Å². The smallest absolute Gasteiger partial charge is 0.105 e. The summed E-state index contributed by atoms with van der Waals surface area (Å²) in [6.45, 7) is 9.29. The van der Waals surface area contributed by atoms with Crippen LogP contribution in [0.2, 0.25) is 0 Å². The van der Waals surface area contributed by atoms with Gasteiger partial charge < -0.3 is 0 Å². The molecule has 0 atom stereocenters. The standard InChI is InChI=1S/C38H28Br2N2/c1-37(2)27-11-7-5-9-23(27)25-15-13-21(19-29(25)37)33-34(42-36-32(40)18-17-31(39)35(36)41-33)22-14-16-26-24-10-6-8-12-28(24)38(3,4)30(26)20-22/h5-20H,1-4H3. The fourth-order valence-corrected chi connectivity index (χ4v) is 8.00. The first-order valence-electron chi connectivity index (χ1n) is 14.3. The lowest BCUT2D eigenvalue weighted by atomic mass is 9.81. The number of hydrogen-bond acceptors (Lipinski definition) is 2. The number of nitrogens with zero attached hydrogens (tertiary/aromatic N) is 2. The summed E-state index contributed by atoms with van der Waals surface area (Å²) in [5, 5.41) is 0. The van der Waals surface area contributed by atoms with E-state index in [4.69, 9.17) is 9.97 Å². The largest absolute Gasteiger partial charge is 0.243 e. The summed E-state index contributed by atoms with van der Waals surface area (Å²) in [6.07, 6.45) is 0. The number of hydrogen-bond donors (Lipinski definition) is 0. The average Bonchev–Trinajstić information content (AvgIpc) is 3.38. The van der Waals surface area contributed by atoms with Gasteiger partial charge in [-0.3, -0.25) is 0 Å². The highest BCUT2D eigenvalue weighted by molar-refractivity contribution is 9.11. The monoisotopic (exact) mass is 670 g/mol. The zero-order valence-corrected chi connectivity index (χ0v) is 27.1. The Hall–Kier alpha value is -3.60. The molecular weight excluding hydrogens is 644 g/mol. The second-order valence-corrected chi connectivity index (χ2v) is 14.2. The molecule has 0 amide bonds. The lowest BCUT2D eigenvalue weighted by Crippen LogP contribution is -2.15. The number of benzene rings is 5. The Morgan fingerprint density at radius 2 is 0.833 bits per heavy atom. The van der Waals surface area contributed by atoms with Gasteiger partial charge in [-0.15, -0.1) is 0 Å². The van der Waals surface area contributed by atoms with Gasteiger partial charge >= 0.3 is 0 Å². The number of fused-ring (bicyclic) bond motifs is 7. The van der Waals surface area contributed by atoms with E-state index >= 15 is 0 Å². The highest BCUT2D eigenvalue weighted by Gasteiger charge is 2.37. The van der Waals surface area contributed by atoms with Gasteiger partial charge in [0.2, 0.25) is 0 Å². The zero-order valence-electron chi connectivity index (χ0n) is 23.9. The van der Waals surface area contributed by atoms with Crippen molar-refractivity contribution in [3.8, 4) is 44.8 Å². The van der Waals surface area contributed by atoms with E-state index in [0.29, 0.717) is 0 Å².